The number of hydrogen-bond acceptors (Lipinski definition) is 5. The second-order valence-corrected chi connectivity index (χ2v) is 9.65. The first-order valence-corrected chi connectivity index (χ1v) is 12.2. The molecule has 0 aliphatic carbocycles. The average Bonchev–Trinajstić information content (AvgIpc) is 2.78. The lowest BCUT2D eigenvalue weighted by molar-refractivity contribution is -0.119. The minimum Gasteiger partial charge on any atom is -0.489 e. The molecule has 33 heavy (non-hydrogen) atoms. The highest BCUT2D eigenvalue weighted by Crippen LogP contribution is 2.18. The maximum absolute atomic E-state index is 12.3. The summed E-state index contributed by atoms with van der Waals surface area (Å²) in [5.74, 6) is 0.175. The Balaban J connectivity index is 1.53. The first-order chi connectivity index (χ1) is 15.7. The fourth-order valence-corrected chi connectivity index (χ4v) is 3.81. The molecule has 172 valence electrons. The summed E-state index contributed by atoms with van der Waals surface area (Å²) in [6.45, 7) is 4.05. The fraction of sp³-hybridized carbons (Fsp3) is 0.200. The summed E-state index contributed by atoms with van der Waals surface area (Å²) in [7, 11) is -3.63. The lowest BCUT2D eigenvalue weighted by Gasteiger charge is -2.21. The monoisotopic (exact) mass is 465 g/mol. The number of ether oxygens (including phenoxy) is 1. The number of sulfonamides is 1. The van der Waals surface area contributed by atoms with Crippen molar-refractivity contribution in [2.75, 3.05) is 17.1 Å². The molecule has 0 aromatic heterocycles. The number of aryl methyl sites for hydroxylation is 2. The topological polar surface area (TPSA) is 88.1 Å². The summed E-state index contributed by atoms with van der Waals surface area (Å²) < 4.78 is 31.1. The average molecular weight is 466 g/mol. The first-order valence-electron chi connectivity index (χ1n) is 10.4. The molecule has 1 N–H and O–H groups in total. The molecule has 0 bridgehead atoms. The third-order valence-corrected chi connectivity index (χ3v) is 5.96. The molecule has 1 amide bonds. The molecule has 0 saturated carbocycles. The van der Waals surface area contributed by atoms with Crippen molar-refractivity contribution in [1.82, 2.24) is 5.43 Å². The third kappa shape index (κ3) is 7.47. The number of benzene rings is 3. The largest absolute Gasteiger partial charge is 0.489 e. The lowest BCUT2D eigenvalue weighted by atomic mass is 10.2. The van der Waals surface area contributed by atoms with Crippen molar-refractivity contribution in [2.24, 2.45) is 5.10 Å². The van der Waals surface area contributed by atoms with Crippen LogP contribution in [0.4, 0.5) is 5.69 Å². The zero-order valence-corrected chi connectivity index (χ0v) is 19.7. The van der Waals surface area contributed by atoms with Crippen LogP contribution in [0.5, 0.6) is 5.75 Å². The molecule has 0 saturated heterocycles. The van der Waals surface area contributed by atoms with Gasteiger partial charge in [0, 0.05) is 0 Å². The van der Waals surface area contributed by atoms with Crippen LogP contribution in [0.2, 0.25) is 0 Å². The second kappa shape index (κ2) is 10.8. The van der Waals surface area contributed by atoms with Gasteiger partial charge in [0.1, 0.15) is 18.9 Å². The van der Waals surface area contributed by atoms with Gasteiger partial charge in [-0.3, -0.25) is 9.10 Å². The first kappa shape index (κ1) is 24.0. The maximum atomic E-state index is 12.3. The van der Waals surface area contributed by atoms with Crippen molar-refractivity contribution in [2.45, 2.75) is 20.5 Å². The van der Waals surface area contributed by atoms with Gasteiger partial charge in [0.15, 0.2) is 0 Å². The summed E-state index contributed by atoms with van der Waals surface area (Å²) in [6.07, 6.45) is 2.55. The minimum atomic E-state index is -3.63. The molecule has 0 spiro atoms. The second-order valence-electron chi connectivity index (χ2n) is 7.74. The molecule has 0 aliphatic heterocycles. The van der Waals surface area contributed by atoms with Crippen LogP contribution < -0.4 is 14.5 Å². The molecule has 0 unspecified atom stereocenters. The number of hydrazone groups is 1. The van der Waals surface area contributed by atoms with Crippen LogP contribution in [-0.4, -0.2) is 33.3 Å². The number of nitrogens with zero attached hydrogens (tertiary/aromatic N) is 2. The number of carbonyl (C=O) groups excluding carboxylic acids is 1. The Morgan fingerprint density at radius 2 is 1.52 bits per heavy atom. The number of hydrogen-bond donors (Lipinski definition) is 1. The van der Waals surface area contributed by atoms with Gasteiger partial charge >= 0.3 is 0 Å². The van der Waals surface area contributed by atoms with E-state index in [4.69, 9.17) is 4.74 Å². The summed E-state index contributed by atoms with van der Waals surface area (Å²) in [6, 6.07) is 22.3. The number of rotatable bonds is 9. The van der Waals surface area contributed by atoms with Crippen molar-refractivity contribution in [3.05, 3.63) is 95.1 Å². The van der Waals surface area contributed by atoms with Crippen LogP contribution >= 0.6 is 0 Å². The van der Waals surface area contributed by atoms with Crippen LogP contribution in [0.25, 0.3) is 0 Å². The van der Waals surface area contributed by atoms with Gasteiger partial charge in [-0.05, 0) is 61.4 Å². The number of anilines is 1. The highest BCUT2D eigenvalue weighted by molar-refractivity contribution is 7.92. The Labute approximate surface area is 194 Å². The predicted octanol–water partition coefficient (Wildman–Crippen LogP) is 3.80. The van der Waals surface area contributed by atoms with Gasteiger partial charge in [0.05, 0.1) is 18.2 Å². The van der Waals surface area contributed by atoms with E-state index < -0.39 is 15.9 Å². The van der Waals surface area contributed by atoms with E-state index in [1.54, 1.807) is 24.3 Å². The van der Waals surface area contributed by atoms with Gasteiger partial charge in [0.2, 0.25) is 10.0 Å². The molecule has 3 aromatic rings. The summed E-state index contributed by atoms with van der Waals surface area (Å²) >= 11 is 0. The molecular weight excluding hydrogens is 438 g/mol. The van der Waals surface area contributed by atoms with Crippen molar-refractivity contribution in [1.29, 1.82) is 0 Å². The summed E-state index contributed by atoms with van der Waals surface area (Å²) in [5, 5.41) is 3.93. The highest BCUT2D eigenvalue weighted by Gasteiger charge is 2.20. The predicted molar refractivity (Wildman–Crippen MR) is 131 cm³/mol. The Hall–Kier alpha value is -3.65. The Morgan fingerprint density at radius 1 is 0.939 bits per heavy atom. The molecule has 0 heterocycles. The molecule has 7 nitrogen and oxygen atoms in total. The van der Waals surface area contributed by atoms with E-state index in [0.29, 0.717) is 12.3 Å². The third-order valence-electron chi connectivity index (χ3n) is 4.82. The number of nitrogens with one attached hydrogen (secondary N) is 1. The zero-order valence-electron chi connectivity index (χ0n) is 18.9. The normalized spacial score (nSPS) is 11.4. The van der Waals surface area contributed by atoms with E-state index in [9.17, 15) is 13.2 Å². The van der Waals surface area contributed by atoms with E-state index in [2.05, 4.69) is 10.5 Å². The van der Waals surface area contributed by atoms with Crippen LogP contribution in [-0.2, 0) is 21.4 Å². The van der Waals surface area contributed by atoms with Gasteiger partial charge in [-0.2, -0.15) is 5.10 Å². The van der Waals surface area contributed by atoms with Crippen molar-refractivity contribution in [3.8, 4) is 5.75 Å². The van der Waals surface area contributed by atoms with Crippen molar-refractivity contribution >= 4 is 27.8 Å². The lowest BCUT2D eigenvalue weighted by Crippen LogP contribution is -2.39. The van der Waals surface area contributed by atoms with E-state index in [1.165, 1.54) is 11.8 Å². The summed E-state index contributed by atoms with van der Waals surface area (Å²) in [5.41, 5.74) is 6.84. The Kier molecular flexibility index (Phi) is 7.84. The molecule has 8 heteroatoms. The minimum absolute atomic E-state index is 0.370. The molecule has 0 fully saturated rings. The molecule has 0 radical (unpaired) electrons. The van der Waals surface area contributed by atoms with Crippen LogP contribution in [0, 0.1) is 13.8 Å². The molecule has 3 aromatic carbocycles. The summed E-state index contributed by atoms with van der Waals surface area (Å²) in [4.78, 5) is 12.3. The smallest absolute Gasteiger partial charge is 0.260 e. The van der Waals surface area contributed by atoms with Gasteiger partial charge in [-0.25, -0.2) is 13.8 Å². The van der Waals surface area contributed by atoms with Crippen LogP contribution in [0.15, 0.2) is 77.9 Å². The van der Waals surface area contributed by atoms with Gasteiger partial charge in [-0.1, -0.05) is 47.5 Å². The Morgan fingerprint density at radius 3 is 2.09 bits per heavy atom. The zero-order chi connectivity index (χ0) is 23.8. The van der Waals surface area contributed by atoms with Crippen molar-refractivity contribution < 1.29 is 17.9 Å². The number of carbonyl (C=O) groups is 1. The van der Waals surface area contributed by atoms with Gasteiger partial charge in [0.25, 0.3) is 5.91 Å². The molecule has 0 atom stereocenters. The quantitative estimate of drug-likeness (QED) is 0.385. The SMILES string of the molecule is Cc1ccc(COc2ccc(/C=N\NC(=O)CN(c3ccc(C)cc3)S(C)(=O)=O)cc2)cc1. The molecular formula is C25H27N3O4S. The van der Waals surface area contributed by atoms with Gasteiger partial charge < -0.3 is 4.74 Å². The highest BCUT2D eigenvalue weighted by atomic mass is 32.2. The molecule has 3 rings (SSSR count). The Bertz CT molecular complexity index is 1200. The molecule has 0 aliphatic rings. The van der Waals surface area contributed by atoms with Crippen molar-refractivity contribution in [3.63, 3.8) is 0 Å². The number of amides is 1. The van der Waals surface area contributed by atoms with Gasteiger partial charge in [-0.15, -0.1) is 0 Å². The van der Waals surface area contributed by atoms with Crippen LogP contribution in [0.1, 0.15) is 22.3 Å². The maximum Gasteiger partial charge on any atom is 0.260 e. The van der Waals surface area contributed by atoms with Crippen LogP contribution in [0.3, 0.4) is 0 Å². The fourth-order valence-electron chi connectivity index (χ4n) is 2.96. The van der Waals surface area contributed by atoms with E-state index in [-0.39, 0.29) is 6.54 Å². The van der Waals surface area contributed by atoms with E-state index in [1.807, 2.05) is 62.4 Å². The van der Waals surface area contributed by atoms with E-state index in [0.717, 1.165) is 33.0 Å². The standard InChI is InChI=1S/C25H27N3O4S/c1-19-4-8-22(9-5-19)18-32-24-14-10-21(11-15-24)16-26-27-25(29)17-28(33(3,30)31)23-12-6-20(2)7-13-23/h4-16H,17-18H2,1-3H3,(H,27,29)/b26-16-. The van der Waals surface area contributed by atoms with E-state index >= 15 is 0 Å².